The Morgan fingerprint density at radius 3 is 2.94 bits per heavy atom. The zero-order valence-corrected chi connectivity index (χ0v) is 10.8. The van der Waals surface area contributed by atoms with Gasteiger partial charge >= 0.3 is 0 Å². The van der Waals surface area contributed by atoms with Crippen LogP contribution in [-0.4, -0.2) is 25.7 Å². The van der Waals surface area contributed by atoms with E-state index in [0.717, 1.165) is 29.3 Å². The fraction of sp³-hybridized carbons (Fsp3) is 0.545. The van der Waals surface area contributed by atoms with Crippen molar-refractivity contribution in [2.24, 2.45) is 0 Å². The van der Waals surface area contributed by atoms with Gasteiger partial charge in [-0.3, -0.25) is 0 Å². The molecular formula is C11H17N4P. The Kier molecular flexibility index (Phi) is 3.83. The lowest BCUT2D eigenvalue weighted by molar-refractivity contribution is 0.780. The largest absolute Gasteiger partial charge is 0.241 e. The van der Waals surface area contributed by atoms with Crippen LogP contribution < -0.4 is 0 Å². The molecule has 0 radical (unpaired) electrons. The minimum atomic E-state index is 0.679. The number of hydrogen-bond donors (Lipinski definition) is 0. The van der Waals surface area contributed by atoms with Gasteiger partial charge in [-0.05, 0) is 19.0 Å². The van der Waals surface area contributed by atoms with Gasteiger partial charge < -0.3 is 0 Å². The number of aryl methyl sites for hydroxylation is 1. The van der Waals surface area contributed by atoms with Gasteiger partial charge in [-0.25, -0.2) is 14.4 Å². The third-order valence-electron chi connectivity index (χ3n) is 2.52. The fourth-order valence-corrected chi connectivity index (χ4v) is 2.47. The van der Waals surface area contributed by atoms with Crippen LogP contribution in [0.15, 0.2) is 12.5 Å². The molecule has 0 saturated heterocycles. The molecule has 0 aliphatic carbocycles. The van der Waals surface area contributed by atoms with Crippen molar-refractivity contribution >= 4 is 19.8 Å². The zero-order chi connectivity index (χ0) is 11.4. The van der Waals surface area contributed by atoms with Crippen molar-refractivity contribution in [2.45, 2.75) is 33.1 Å². The Hall–Kier alpha value is -1.02. The van der Waals surface area contributed by atoms with Gasteiger partial charge in [-0.15, -0.1) is 0 Å². The molecule has 2 aromatic rings. The summed E-state index contributed by atoms with van der Waals surface area (Å²) < 4.78 is 1.99. The van der Waals surface area contributed by atoms with Crippen LogP contribution in [0.3, 0.4) is 0 Å². The summed E-state index contributed by atoms with van der Waals surface area (Å²) in [5.74, 6) is 0. The first-order chi connectivity index (χ1) is 7.86. The van der Waals surface area contributed by atoms with Crippen molar-refractivity contribution in [3.8, 4) is 0 Å². The van der Waals surface area contributed by atoms with Gasteiger partial charge in [-0.1, -0.05) is 20.3 Å². The van der Waals surface area contributed by atoms with Crippen LogP contribution in [-0.2, 0) is 6.42 Å². The maximum atomic E-state index is 4.38. The average Bonchev–Trinajstić information content (AvgIpc) is 2.71. The molecule has 16 heavy (non-hydrogen) atoms. The van der Waals surface area contributed by atoms with E-state index in [2.05, 4.69) is 28.9 Å². The van der Waals surface area contributed by atoms with Crippen LogP contribution in [0.25, 0.3) is 11.0 Å². The summed E-state index contributed by atoms with van der Waals surface area (Å²) in [7, 11) is 0.679. The Morgan fingerprint density at radius 2 is 2.19 bits per heavy atom. The predicted octanol–water partition coefficient (Wildman–Crippen LogP) is 2.63. The second kappa shape index (κ2) is 5.35. The Labute approximate surface area is 97.3 Å². The van der Waals surface area contributed by atoms with Crippen LogP contribution >= 0.6 is 8.73 Å². The van der Waals surface area contributed by atoms with Crippen LogP contribution in [0.2, 0.25) is 0 Å². The molecule has 0 bridgehead atoms. The minimum absolute atomic E-state index is 0.679. The summed E-state index contributed by atoms with van der Waals surface area (Å²) in [6, 6.07) is 0. The SMILES string of the molecule is CCCCc1ncnc2c1cnn2PCC. The van der Waals surface area contributed by atoms with E-state index >= 15 is 0 Å². The second-order valence-electron chi connectivity index (χ2n) is 3.73. The summed E-state index contributed by atoms with van der Waals surface area (Å²) >= 11 is 0. The highest BCUT2D eigenvalue weighted by molar-refractivity contribution is 7.36. The standard InChI is InChI=1S/C11H17N4P/c1-3-5-6-10-9-7-14-15(16-4-2)11(9)13-8-12-10/h7-8,16H,3-6H2,1-2H3. The molecule has 0 aliphatic rings. The van der Waals surface area contributed by atoms with E-state index in [1.165, 1.54) is 12.8 Å². The van der Waals surface area contributed by atoms with Gasteiger partial charge in [0, 0.05) is 8.73 Å². The molecule has 4 nitrogen and oxygen atoms in total. The summed E-state index contributed by atoms with van der Waals surface area (Å²) in [6.45, 7) is 4.35. The minimum Gasteiger partial charge on any atom is -0.241 e. The molecule has 2 heterocycles. The lowest BCUT2D eigenvalue weighted by atomic mass is 10.1. The lowest BCUT2D eigenvalue weighted by Crippen LogP contribution is -1.94. The van der Waals surface area contributed by atoms with E-state index in [0.29, 0.717) is 8.73 Å². The number of unbranched alkanes of at least 4 members (excludes halogenated alkanes) is 1. The zero-order valence-electron chi connectivity index (χ0n) is 9.77. The maximum absolute atomic E-state index is 4.38. The Balaban J connectivity index is 2.36. The first-order valence-electron chi connectivity index (χ1n) is 5.78. The molecule has 5 heteroatoms. The maximum Gasteiger partial charge on any atom is 0.164 e. The van der Waals surface area contributed by atoms with Crippen LogP contribution in [0.5, 0.6) is 0 Å². The smallest absolute Gasteiger partial charge is 0.164 e. The van der Waals surface area contributed by atoms with E-state index in [9.17, 15) is 0 Å². The third kappa shape index (κ3) is 2.22. The fourth-order valence-electron chi connectivity index (χ4n) is 1.70. The summed E-state index contributed by atoms with van der Waals surface area (Å²) in [4.78, 5) is 8.68. The van der Waals surface area contributed by atoms with Gasteiger partial charge in [0.15, 0.2) is 5.65 Å². The van der Waals surface area contributed by atoms with Crippen molar-refractivity contribution in [3.05, 3.63) is 18.2 Å². The Bertz CT molecular complexity index is 466. The molecule has 1 unspecified atom stereocenters. The normalized spacial score (nSPS) is 11.9. The molecule has 0 aliphatic heterocycles. The second-order valence-corrected chi connectivity index (χ2v) is 5.18. The molecule has 0 N–H and O–H groups in total. The molecule has 1 atom stereocenters. The van der Waals surface area contributed by atoms with Crippen LogP contribution in [0, 0.1) is 0 Å². The lowest BCUT2D eigenvalue weighted by Gasteiger charge is -2.02. The monoisotopic (exact) mass is 236 g/mol. The molecule has 0 aromatic carbocycles. The van der Waals surface area contributed by atoms with E-state index in [-0.39, 0.29) is 0 Å². The first-order valence-corrected chi connectivity index (χ1v) is 6.93. The number of nitrogens with zero attached hydrogens (tertiary/aromatic N) is 4. The number of aromatic nitrogens is 4. The predicted molar refractivity (Wildman–Crippen MR) is 68.2 cm³/mol. The molecular weight excluding hydrogens is 219 g/mol. The van der Waals surface area contributed by atoms with E-state index in [1.807, 2.05) is 10.6 Å². The van der Waals surface area contributed by atoms with Crippen molar-refractivity contribution in [2.75, 3.05) is 6.16 Å². The summed E-state index contributed by atoms with van der Waals surface area (Å²) in [5, 5.41) is 5.50. The molecule has 0 saturated carbocycles. The number of fused-ring (bicyclic) bond motifs is 1. The third-order valence-corrected chi connectivity index (χ3v) is 3.47. The summed E-state index contributed by atoms with van der Waals surface area (Å²) in [6.07, 6.45) is 8.06. The Morgan fingerprint density at radius 1 is 1.31 bits per heavy atom. The van der Waals surface area contributed by atoms with Gasteiger partial charge in [0.05, 0.1) is 17.3 Å². The van der Waals surface area contributed by atoms with Crippen molar-refractivity contribution in [1.29, 1.82) is 0 Å². The first kappa shape index (κ1) is 11.5. The van der Waals surface area contributed by atoms with Crippen molar-refractivity contribution in [3.63, 3.8) is 0 Å². The number of hydrogen-bond acceptors (Lipinski definition) is 3. The topological polar surface area (TPSA) is 43.6 Å². The molecule has 86 valence electrons. The van der Waals surface area contributed by atoms with Crippen molar-refractivity contribution < 1.29 is 0 Å². The average molecular weight is 236 g/mol. The molecule has 2 aromatic heterocycles. The molecule has 0 amide bonds. The highest BCUT2D eigenvalue weighted by Gasteiger charge is 2.08. The highest BCUT2D eigenvalue weighted by atomic mass is 31.1. The van der Waals surface area contributed by atoms with E-state index in [1.54, 1.807) is 6.33 Å². The highest BCUT2D eigenvalue weighted by Crippen LogP contribution is 2.22. The van der Waals surface area contributed by atoms with Gasteiger partial charge in [0.1, 0.15) is 6.33 Å². The number of rotatable bonds is 5. The van der Waals surface area contributed by atoms with Crippen LogP contribution in [0.1, 0.15) is 32.4 Å². The van der Waals surface area contributed by atoms with Gasteiger partial charge in [0.2, 0.25) is 0 Å². The van der Waals surface area contributed by atoms with Crippen LogP contribution in [0.4, 0.5) is 0 Å². The van der Waals surface area contributed by atoms with Gasteiger partial charge in [-0.2, -0.15) is 5.10 Å². The molecule has 0 spiro atoms. The molecule has 0 fully saturated rings. The van der Waals surface area contributed by atoms with E-state index < -0.39 is 0 Å². The van der Waals surface area contributed by atoms with Gasteiger partial charge in [0.25, 0.3) is 0 Å². The summed E-state index contributed by atoms with van der Waals surface area (Å²) in [5.41, 5.74) is 2.13. The molecule has 2 rings (SSSR count). The van der Waals surface area contributed by atoms with E-state index in [4.69, 9.17) is 0 Å². The quantitative estimate of drug-likeness (QED) is 0.749. The van der Waals surface area contributed by atoms with Crippen molar-refractivity contribution in [1.82, 2.24) is 19.5 Å².